The van der Waals surface area contributed by atoms with Crippen LogP contribution in [0, 0.1) is 5.82 Å². The molecule has 35 heavy (non-hydrogen) atoms. The molecule has 3 aromatic rings. The van der Waals surface area contributed by atoms with Crippen molar-refractivity contribution in [2.45, 2.75) is 32.5 Å². The third-order valence-electron chi connectivity index (χ3n) is 4.94. The van der Waals surface area contributed by atoms with Gasteiger partial charge in [0.25, 0.3) is 5.91 Å². The Labute approximate surface area is 198 Å². The molecule has 0 saturated carbocycles. The molecule has 8 nitrogen and oxygen atoms in total. The maximum Gasteiger partial charge on any atom is 0.433 e. The molecule has 3 rings (SSSR count). The number of amides is 2. The van der Waals surface area contributed by atoms with Crippen LogP contribution in [-0.2, 0) is 17.5 Å². The zero-order valence-corrected chi connectivity index (χ0v) is 18.8. The number of nitrogens with one attached hydrogen (secondary N) is 3. The third-order valence-corrected chi connectivity index (χ3v) is 4.94. The number of rotatable bonds is 8. The molecule has 0 aliphatic rings. The van der Waals surface area contributed by atoms with Crippen LogP contribution in [0.25, 0.3) is 0 Å². The molecule has 0 aliphatic carbocycles. The van der Waals surface area contributed by atoms with Crippen LogP contribution in [0.2, 0.25) is 0 Å². The smallest absolute Gasteiger partial charge is 0.370 e. The average Bonchev–Trinajstić information content (AvgIpc) is 2.83. The summed E-state index contributed by atoms with van der Waals surface area (Å²) in [6.45, 7) is 3.62. The Morgan fingerprint density at radius 2 is 1.69 bits per heavy atom. The average molecular weight is 490 g/mol. The highest BCUT2D eigenvalue weighted by Gasteiger charge is 2.33. The first-order valence-electron chi connectivity index (χ1n) is 10.6. The van der Waals surface area contributed by atoms with Crippen LogP contribution in [0.1, 0.15) is 47.2 Å². The van der Waals surface area contributed by atoms with Gasteiger partial charge in [-0.3, -0.25) is 9.59 Å². The lowest BCUT2D eigenvalue weighted by Crippen LogP contribution is -2.28. The van der Waals surface area contributed by atoms with Crippen LogP contribution in [0.15, 0.2) is 48.8 Å². The van der Waals surface area contributed by atoms with Crippen molar-refractivity contribution in [1.29, 1.82) is 0 Å². The quantitative estimate of drug-likeness (QED) is 0.410. The van der Waals surface area contributed by atoms with E-state index in [0.717, 1.165) is 6.07 Å². The molecular weight excluding hydrogens is 468 g/mol. The lowest BCUT2D eigenvalue weighted by molar-refractivity contribution is -0.141. The molecule has 0 fully saturated rings. The maximum atomic E-state index is 13.0. The Morgan fingerprint density at radius 1 is 1.03 bits per heavy atom. The number of hydrogen-bond acceptors (Lipinski definition) is 6. The number of nitrogens with zero attached hydrogens (tertiary/aromatic N) is 3. The molecule has 0 radical (unpaired) electrons. The van der Waals surface area contributed by atoms with Crippen molar-refractivity contribution in [2.75, 3.05) is 17.2 Å². The van der Waals surface area contributed by atoms with E-state index in [-0.39, 0.29) is 18.2 Å². The summed E-state index contributed by atoms with van der Waals surface area (Å²) in [7, 11) is 0. The molecule has 2 aromatic heterocycles. The number of hydrogen-bond donors (Lipinski definition) is 3. The van der Waals surface area contributed by atoms with E-state index in [2.05, 4.69) is 30.9 Å². The van der Waals surface area contributed by atoms with Gasteiger partial charge in [0.1, 0.15) is 17.3 Å². The van der Waals surface area contributed by atoms with Crippen LogP contribution < -0.4 is 16.0 Å². The Kier molecular flexibility index (Phi) is 7.94. The van der Waals surface area contributed by atoms with Crippen molar-refractivity contribution >= 4 is 23.3 Å². The van der Waals surface area contributed by atoms with Gasteiger partial charge in [-0.2, -0.15) is 13.2 Å². The summed E-state index contributed by atoms with van der Waals surface area (Å²) in [4.78, 5) is 36.4. The summed E-state index contributed by atoms with van der Waals surface area (Å²) >= 11 is 0. The van der Waals surface area contributed by atoms with Gasteiger partial charge in [-0.15, -0.1) is 0 Å². The topological polar surface area (TPSA) is 109 Å². The number of aromatic nitrogens is 3. The highest BCUT2D eigenvalue weighted by Crippen LogP contribution is 2.29. The summed E-state index contributed by atoms with van der Waals surface area (Å²) in [5.74, 6) is -2.27. The van der Waals surface area contributed by atoms with E-state index in [9.17, 15) is 27.2 Å². The van der Waals surface area contributed by atoms with E-state index < -0.39 is 35.4 Å². The fraction of sp³-hybridized carbons (Fsp3) is 0.261. The summed E-state index contributed by atoms with van der Waals surface area (Å²) in [6.07, 6.45) is -1.91. The second kappa shape index (κ2) is 10.9. The molecular formula is C23H22F4N6O2. The zero-order chi connectivity index (χ0) is 25.6. The lowest BCUT2D eigenvalue weighted by Gasteiger charge is -2.16. The molecule has 0 bridgehead atoms. The SMILES string of the molecule is CCNc1nc(C(F)(F)F)ccc1CNC(=O)C(C)c1cnc(C(=O)Nc2ccc(F)cc2)nc1. The number of alkyl halides is 3. The van der Waals surface area contributed by atoms with E-state index in [1.165, 1.54) is 42.7 Å². The van der Waals surface area contributed by atoms with Crippen molar-refractivity contribution < 1.29 is 27.2 Å². The molecule has 1 unspecified atom stereocenters. The van der Waals surface area contributed by atoms with E-state index in [4.69, 9.17) is 0 Å². The molecule has 2 amide bonds. The monoisotopic (exact) mass is 490 g/mol. The fourth-order valence-corrected chi connectivity index (χ4v) is 2.99. The Morgan fingerprint density at radius 3 is 2.29 bits per heavy atom. The van der Waals surface area contributed by atoms with Gasteiger partial charge in [0.15, 0.2) is 0 Å². The first-order valence-corrected chi connectivity index (χ1v) is 10.6. The Balaban J connectivity index is 1.62. The first kappa shape index (κ1) is 25.5. The van der Waals surface area contributed by atoms with Crippen LogP contribution in [0.5, 0.6) is 0 Å². The van der Waals surface area contributed by atoms with E-state index in [0.29, 0.717) is 23.4 Å². The molecule has 0 aliphatic heterocycles. The summed E-state index contributed by atoms with van der Waals surface area (Å²) < 4.78 is 51.8. The van der Waals surface area contributed by atoms with Gasteiger partial charge in [0.05, 0.1) is 5.92 Å². The zero-order valence-electron chi connectivity index (χ0n) is 18.8. The summed E-state index contributed by atoms with van der Waals surface area (Å²) in [5.41, 5.74) is 0.159. The number of halogens is 4. The lowest BCUT2D eigenvalue weighted by atomic mass is 10.0. The van der Waals surface area contributed by atoms with Gasteiger partial charge >= 0.3 is 6.18 Å². The van der Waals surface area contributed by atoms with Gasteiger partial charge < -0.3 is 16.0 Å². The molecule has 0 saturated heterocycles. The van der Waals surface area contributed by atoms with Gasteiger partial charge in [0, 0.05) is 42.3 Å². The Hall–Kier alpha value is -4.09. The van der Waals surface area contributed by atoms with Crippen LogP contribution in [0.4, 0.5) is 29.1 Å². The number of carbonyl (C=O) groups excluding carboxylic acids is 2. The molecule has 3 N–H and O–H groups in total. The highest BCUT2D eigenvalue weighted by atomic mass is 19.4. The highest BCUT2D eigenvalue weighted by molar-refractivity contribution is 6.01. The largest absolute Gasteiger partial charge is 0.433 e. The predicted octanol–water partition coefficient (Wildman–Crippen LogP) is 4.13. The molecule has 1 atom stereocenters. The molecule has 0 spiro atoms. The van der Waals surface area contributed by atoms with E-state index in [1.54, 1.807) is 13.8 Å². The second-order valence-corrected chi connectivity index (χ2v) is 7.47. The van der Waals surface area contributed by atoms with Crippen molar-refractivity contribution in [3.8, 4) is 0 Å². The minimum atomic E-state index is -4.58. The van der Waals surface area contributed by atoms with E-state index >= 15 is 0 Å². The van der Waals surface area contributed by atoms with Gasteiger partial charge in [-0.25, -0.2) is 19.3 Å². The van der Waals surface area contributed by atoms with Crippen LogP contribution in [0.3, 0.4) is 0 Å². The molecule has 2 heterocycles. The summed E-state index contributed by atoms with van der Waals surface area (Å²) in [6, 6.07) is 7.29. The Bertz CT molecular complexity index is 1180. The number of carbonyl (C=O) groups is 2. The van der Waals surface area contributed by atoms with Gasteiger partial charge in [0.2, 0.25) is 11.7 Å². The van der Waals surface area contributed by atoms with Crippen molar-refractivity contribution in [1.82, 2.24) is 20.3 Å². The number of anilines is 2. The number of benzene rings is 1. The van der Waals surface area contributed by atoms with E-state index in [1.807, 2.05) is 0 Å². The minimum absolute atomic E-state index is 0.0372. The van der Waals surface area contributed by atoms with Gasteiger partial charge in [-0.05, 0) is 44.2 Å². The van der Waals surface area contributed by atoms with Crippen molar-refractivity contribution in [3.05, 3.63) is 77.3 Å². The molecule has 12 heteroatoms. The maximum absolute atomic E-state index is 13.0. The van der Waals surface area contributed by atoms with Crippen LogP contribution >= 0.6 is 0 Å². The molecule has 184 valence electrons. The fourth-order valence-electron chi connectivity index (χ4n) is 2.99. The summed E-state index contributed by atoms with van der Waals surface area (Å²) in [5, 5.41) is 7.97. The van der Waals surface area contributed by atoms with Crippen molar-refractivity contribution in [3.63, 3.8) is 0 Å². The molecule has 1 aromatic carbocycles. The number of pyridine rings is 1. The minimum Gasteiger partial charge on any atom is -0.370 e. The standard InChI is InChI=1S/C23H22F4N6O2/c1-3-28-19-14(4-9-18(33-19)23(25,26)27)10-31-21(34)13(2)15-11-29-20(30-12-15)22(35)32-17-7-5-16(24)6-8-17/h4-9,11-13H,3,10H2,1-2H3,(H,28,33)(H,31,34)(H,32,35). The van der Waals surface area contributed by atoms with Crippen molar-refractivity contribution in [2.24, 2.45) is 0 Å². The normalized spacial score (nSPS) is 12.1. The third kappa shape index (κ3) is 6.71. The van der Waals surface area contributed by atoms with Gasteiger partial charge in [-0.1, -0.05) is 6.07 Å². The predicted molar refractivity (Wildman–Crippen MR) is 120 cm³/mol. The second-order valence-electron chi connectivity index (χ2n) is 7.47. The van der Waals surface area contributed by atoms with Crippen LogP contribution in [-0.4, -0.2) is 33.3 Å². The first-order chi connectivity index (χ1) is 16.6.